The summed E-state index contributed by atoms with van der Waals surface area (Å²) in [6.45, 7) is 0. The minimum absolute atomic E-state index is 0.0881. The van der Waals surface area contributed by atoms with Gasteiger partial charge < -0.3 is 0 Å². The molecular weight excluding hydrogens is 243 g/mol. The SMILES string of the molecule is N#Cc1c(F)cccc1S(=O)(=O)NC1CCC1. The number of nitriles is 1. The fourth-order valence-electron chi connectivity index (χ4n) is 1.65. The van der Waals surface area contributed by atoms with Crippen LogP contribution in [0.4, 0.5) is 4.39 Å². The molecule has 1 saturated carbocycles. The molecule has 1 aromatic carbocycles. The summed E-state index contributed by atoms with van der Waals surface area (Å²) >= 11 is 0. The molecule has 0 unspecified atom stereocenters. The van der Waals surface area contributed by atoms with Crippen molar-refractivity contribution in [2.75, 3.05) is 0 Å². The smallest absolute Gasteiger partial charge is 0.208 e. The molecule has 0 aliphatic heterocycles. The fraction of sp³-hybridized carbons (Fsp3) is 0.364. The Morgan fingerprint density at radius 2 is 2.12 bits per heavy atom. The number of sulfonamides is 1. The topological polar surface area (TPSA) is 70.0 Å². The third kappa shape index (κ3) is 2.30. The van der Waals surface area contributed by atoms with Gasteiger partial charge in [0.25, 0.3) is 0 Å². The Bertz CT molecular complexity index is 574. The molecule has 4 nitrogen and oxygen atoms in total. The molecule has 6 heteroatoms. The molecule has 0 heterocycles. The molecule has 1 N–H and O–H groups in total. The molecule has 17 heavy (non-hydrogen) atoms. The highest BCUT2D eigenvalue weighted by molar-refractivity contribution is 7.89. The van der Waals surface area contributed by atoms with Gasteiger partial charge in [0.05, 0.1) is 0 Å². The molecule has 1 fully saturated rings. The van der Waals surface area contributed by atoms with E-state index in [2.05, 4.69) is 4.72 Å². The van der Waals surface area contributed by atoms with Gasteiger partial charge in [-0.15, -0.1) is 0 Å². The van der Waals surface area contributed by atoms with E-state index in [9.17, 15) is 12.8 Å². The highest BCUT2D eigenvalue weighted by atomic mass is 32.2. The van der Waals surface area contributed by atoms with Crippen molar-refractivity contribution in [3.8, 4) is 6.07 Å². The van der Waals surface area contributed by atoms with Crippen LogP contribution in [0.1, 0.15) is 24.8 Å². The first-order chi connectivity index (χ1) is 8.04. The van der Waals surface area contributed by atoms with E-state index >= 15 is 0 Å². The molecule has 0 radical (unpaired) electrons. The molecule has 1 aliphatic carbocycles. The number of nitrogens with one attached hydrogen (secondary N) is 1. The van der Waals surface area contributed by atoms with E-state index in [4.69, 9.17) is 5.26 Å². The number of rotatable bonds is 3. The van der Waals surface area contributed by atoms with Gasteiger partial charge in [0, 0.05) is 6.04 Å². The Kier molecular flexibility index (Phi) is 3.13. The number of benzene rings is 1. The normalized spacial score (nSPS) is 16.2. The number of hydrogen-bond acceptors (Lipinski definition) is 3. The van der Waals surface area contributed by atoms with E-state index in [-0.39, 0.29) is 10.9 Å². The van der Waals surface area contributed by atoms with E-state index < -0.39 is 21.4 Å². The van der Waals surface area contributed by atoms with Gasteiger partial charge in [0.2, 0.25) is 10.0 Å². The van der Waals surface area contributed by atoms with Crippen molar-refractivity contribution in [3.05, 3.63) is 29.6 Å². The van der Waals surface area contributed by atoms with Crippen LogP contribution in [-0.2, 0) is 10.0 Å². The summed E-state index contributed by atoms with van der Waals surface area (Å²) in [7, 11) is -3.80. The quantitative estimate of drug-likeness (QED) is 0.889. The van der Waals surface area contributed by atoms with Crippen LogP contribution in [-0.4, -0.2) is 14.5 Å². The van der Waals surface area contributed by atoms with Gasteiger partial charge in [-0.1, -0.05) is 12.5 Å². The van der Waals surface area contributed by atoms with Crippen LogP contribution in [0, 0.1) is 17.1 Å². The van der Waals surface area contributed by atoms with Crippen LogP contribution in [0.3, 0.4) is 0 Å². The van der Waals surface area contributed by atoms with E-state index in [1.165, 1.54) is 12.1 Å². The van der Waals surface area contributed by atoms with Gasteiger partial charge in [-0.2, -0.15) is 5.26 Å². The summed E-state index contributed by atoms with van der Waals surface area (Å²) in [4.78, 5) is -0.285. The molecule has 1 aromatic rings. The summed E-state index contributed by atoms with van der Waals surface area (Å²) in [5.74, 6) is -0.816. The van der Waals surface area contributed by atoms with Crippen molar-refractivity contribution < 1.29 is 12.8 Å². The minimum Gasteiger partial charge on any atom is -0.208 e. The molecule has 0 spiro atoms. The van der Waals surface area contributed by atoms with E-state index in [1.54, 1.807) is 6.07 Å². The van der Waals surface area contributed by atoms with E-state index in [0.29, 0.717) is 0 Å². The van der Waals surface area contributed by atoms with Crippen LogP contribution in [0.5, 0.6) is 0 Å². The lowest BCUT2D eigenvalue weighted by Gasteiger charge is -2.26. The van der Waals surface area contributed by atoms with Gasteiger partial charge in [-0.3, -0.25) is 0 Å². The third-order valence-corrected chi connectivity index (χ3v) is 4.37. The van der Waals surface area contributed by atoms with Crippen molar-refractivity contribution >= 4 is 10.0 Å². The fourth-order valence-corrected chi connectivity index (χ4v) is 3.12. The second kappa shape index (κ2) is 4.43. The minimum atomic E-state index is -3.80. The van der Waals surface area contributed by atoms with E-state index in [1.807, 2.05) is 0 Å². The van der Waals surface area contributed by atoms with Crippen LogP contribution in [0.25, 0.3) is 0 Å². The van der Waals surface area contributed by atoms with Gasteiger partial charge in [0.15, 0.2) is 0 Å². The molecule has 0 aromatic heterocycles. The standard InChI is InChI=1S/C11H11FN2O2S/c12-10-5-2-6-11(9(10)7-13)17(15,16)14-8-3-1-4-8/h2,5-6,8,14H,1,3-4H2. The third-order valence-electron chi connectivity index (χ3n) is 2.80. The maximum atomic E-state index is 13.3. The largest absolute Gasteiger partial charge is 0.242 e. The Balaban J connectivity index is 2.39. The zero-order chi connectivity index (χ0) is 12.5. The summed E-state index contributed by atoms with van der Waals surface area (Å²) in [6.07, 6.45) is 2.56. The highest BCUT2D eigenvalue weighted by Gasteiger charge is 2.27. The first kappa shape index (κ1) is 12.0. The summed E-state index contributed by atoms with van der Waals surface area (Å²) < 4.78 is 39.6. The van der Waals surface area contributed by atoms with Crippen LogP contribution < -0.4 is 4.72 Å². The van der Waals surface area contributed by atoms with Crippen LogP contribution in [0.2, 0.25) is 0 Å². The zero-order valence-corrected chi connectivity index (χ0v) is 9.80. The van der Waals surface area contributed by atoms with Gasteiger partial charge in [0.1, 0.15) is 22.3 Å². The molecule has 90 valence electrons. The maximum absolute atomic E-state index is 13.3. The average molecular weight is 254 g/mol. The Morgan fingerprint density at radius 3 is 2.65 bits per heavy atom. The molecular formula is C11H11FN2O2S. The summed E-state index contributed by atoms with van der Waals surface area (Å²) in [5.41, 5.74) is -0.431. The van der Waals surface area contributed by atoms with Gasteiger partial charge >= 0.3 is 0 Å². The van der Waals surface area contributed by atoms with E-state index in [0.717, 1.165) is 25.3 Å². The monoisotopic (exact) mass is 254 g/mol. The molecule has 0 saturated heterocycles. The lowest BCUT2D eigenvalue weighted by atomic mass is 9.94. The molecule has 2 rings (SSSR count). The van der Waals surface area contributed by atoms with Gasteiger partial charge in [-0.05, 0) is 25.0 Å². The lowest BCUT2D eigenvalue weighted by molar-refractivity contribution is 0.383. The van der Waals surface area contributed by atoms with Crippen molar-refractivity contribution in [3.63, 3.8) is 0 Å². The number of hydrogen-bond donors (Lipinski definition) is 1. The highest BCUT2D eigenvalue weighted by Crippen LogP contribution is 2.23. The first-order valence-electron chi connectivity index (χ1n) is 5.25. The Hall–Kier alpha value is -1.45. The zero-order valence-electron chi connectivity index (χ0n) is 8.98. The number of halogens is 1. The number of nitrogens with zero attached hydrogens (tertiary/aromatic N) is 1. The van der Waals surface area contributed by atoms with Crippen LogP contribution >= 0.6 is 0 Å². The van der Waals surface area contributed by atoms with Crippen LogP contribution in [0.15, 0.2) is 23.1 Å². The van der Waals surface area contributed by atoms with Crippen molar-refractivity contribution in [1.29, 1.82) is 5.26 Å². The second-order valence-corrected chi connectivity index (χ2v) is 5.66. The molecule has 1 aliphatic rings. The molecule has 0 atom stereocenters. The van der Waals surface area contributed by atoms with Crippen molar-refractivity contribution in [2.24, 2.45) is 0 Å². The average Bonchev–Trinajstić information content (AvgIpc) is 2.23. The van der Waals surface area contributed by atoms with Crippen molar-refractivity contribution in [1.82, 2.24) is 4.72 Å². The molecule has 0 amide bonds. The summed E-state index contributed by atoms with van der Waals surface area (Å²) in [5, 5.41) is 8.79. The summed E-state index contributed by atoms with van der Waals surface area (Å²) in [6, 6.07) is 5.09. The predicted molar refractivity (Wildman–Crippen MR) is 59.1 cm³/mol. The molecule has 0 bridgehead atoms. The predicted octanol–water partition coefficient (Wildman–Crippen LogP) is 1.53. The second-order valence-electron chi connectivity index (χ2n) is 3.97. The van der Waals surface area contributed by atoms with Crippen molar-refractivity contribution in [2.45, 2.75) is 30.2 Å². The first-order valence-corrected chi connectivity index (χ1v) is 6.74. The lowest BCUT2D eigenvalue weighted by Crippen LogP contribution is -2.39. The Labute approximate surface area is 99.1 Å². The Morgan fingerprint density at radius 1 is 1.41 bits per heavy atom. The maximum Gasteiger partial charge on any atom is 0.242 e. The van der Waals surface area contributed by atoms with Gasteiger partial charge in [-0.25, -0.2) is 17.5 Å².